The van der Waals surface area contributed by atoms with Crippen LogP contribution < -0.4 is 10.1 Å². The van der Waals surface area contributed by atoms with Gasteiger partial charge in [-0.05, 0) is 18.1 Å². The monoisotopic (exact) mass is 284 g/mol. The number of benzene rings is 1. The van der Waals surface area contributed by atoms with Crippen LogP contribution in [0, 0.1) is 10.1 Å². The highest BCUT2D eigenvalue weighted by molar-refractivity contribution is 5.42. The molecule has 20 heavy (non-hydrogen) atoms. The normalized spacial score (nSPS) is 12.2. The molecule has 0 radical (unpaired) electrons. The van der Waals surface area contributed by atoms with Crippen LogP contribution in [-0.2, 0) is 11.3 Å². The molecule has 7 nitrogen and oxygen atoms in total. The van der Waals surface area contributed by atoms with Crippen molar-refractivity contribution in [1.82, 2.24) is 5.32 Å². The van der Waals surface area contributed by atoms with Crippen molar-refractivity contribution in [1.29, 1.82) is 0 Å². The highest BCUT2D eigenvalue weighted by Gasteiger charge is 2.12. The van der Waals surface area contributed by atoms with Crippen molar-refractivity contribution in [3.8, 4) is 5.75 Å². The Bertz CT molecular complexity index is 433. The van der Waals surface area contributed by atoms with Crippen LogP contribution in [0.3, 0.4) is 0 Å². The van der Waals surface area contributed by atoms with E-state index in [9.17, 15) is 10.1 Å². The Hall–Kier alpha value is -1.70. The zero-order valence-electron chi connectivity index (χ0n) is 11.7. The van der Waals surface area contributed by atoms with Gasteiger partial charge in [0, 0.05) is 32.4 Å². The van der Waals surface area contributed by atoms with Gasteiger partial charge in [0.2, 0.25) is 0 Å². The third-order valence-electron chi connectivity index (χ3n) is 2.84. The minimum Gasteiger partial charge on any atom is -0.496 e. The predicted molar refractivity (Wildman–Crippen MR) is 73.9 cm³/mol. The van der Waals surface area contributed by atoms with Gasteiger partial charge in [0.05, 0.1) is 24.7 Å². The van der Waals surface area contributed by atoms with E-state index in [4.69, 9.17) is 14.6 Å². The largest absolute Gasteiger partial charge is 0.496 e. The summed E-state index contributed by atoms with van der Waals surface area (Å²) in [6.45, 7) is 0.956. The fourth-order valence-corrected chi connectivity index (χ4v) is 1.83. The lowest BCUT2D eigenvalue weighted by Gasteiger charge is -2.17. The van der Waals surface area contributed by atoms with E-state index in [-0.39, 0.29) is 18.3 Å². The number of nitrogens with zero attached hydrogens (tertiary/aromatic N) is 1. The van der Waals surface area contributed by atoms with Gasteiger partial charge in [-0.25, -0.2) is 0 Å². The summed E-state index contributed by atoms with van der Waals surface area (Å²) in [6.07, 6.45) is 0.555. The Balaban J connectivity index is 2.75. The van der Waals surface area contributed by atoms with E-state index in [1.807, 2.05) is 0 Å². The number of hydrogen-bond acceptors (Lipinski definition) is 6. The summed E-state index contributed by atoms with van der Waals surface area (Å²) < 4.78 is 10.1. The average Bonchev–Trinajstić information content (AvgIpc) is 2.44. The van der Waals surface area contributed by atoms with Gasteiger partial charge in [0.15, 0.2) is 0 Å². The number of rotatable bonds is 9. The molecule has 1 unspecified atom stereocenters. The standard InChI is InChI=1S/C13H20N2O5/c1-19-9-11(3-4-16)14-8-10-5-12(15(17)18)7-13(6-10)20-2/h5-7,11,14,16H,3-4,8-9H2,1-2H3. The minimum absolute atomic E-state index is 0.00439. The predicted octanol–water partition coefficient (Wildman–Crippen LogP) is 1.09. The number of nitro groups is 1. The number of hydrogen-bond donors (Lipinski definition) is 2. The van der Waals surface area contributed by atoms with Gasteiger partial charge in [-0.1, -0.05) is 0 Å². The number of nitro benzene ring substituents is 1. The molecule has 2 N–H and O–H groups in total. The van der Waals surface area contributed by atoms with Crippen LogP contribution in [-0.4, -0.2) is 43.5 Å². The molecule has 0 spiro atoms. The summed E-state index contributed by atoms with van der Waals surface area (Å²) >= 11 is 0. The molecule has 0 aliphatic heterocycles. The molecule has 0 saturated heterocycles. The molecule has 1 rings (SSSR count). The lowest BCUT2D eigenvalue weighted by atomic mass is 10.1. The maximum absolute atomic E-state index is 10.8. The zero-order chi connectivity index (χ0) is 15.0. The molecular formula is C13H20N2O5. The van der Waals surface area contributed by atoms with Gasteiger partial charge in [0.25, 0.3) is 5.69 Å². The third kappa shape index (κ3) is 5.12. The number of ether oxygens (including phenoxy) is 2. The number of nitrogens with one attached hydrogen (secondary N) is 1. The van der Waals surface area contributed by atoms with E-state index < -0.39 is 4.92 Å². The maximum Gasteiger partial charge on any atom is 0.273 e. The van der Waals surface area contributed by atoms with Gasteiger partial charge in [-0.3, -0.25) is 10.1 Å². The molecule has 0 aliphatic carbocycles. The van der Waals surface area contributed by atoms with E-state index in [2.05, 4.69) is 5.32 Å². The molecule has 1 aromatic carbocycles. The van der Waals surface area contributed by atoms with Crippen LogP contribution in [0.1, 0.15) is 12.0 Å². The van der Waals surface area contributed by atoms with Crippen molar-refractivity contribution in [3.63, 3.8) is 0 Å². The molecule has 0 fully saturated rings. The summed E-state index contributed by atoms with van der Waals surface area (Å²) in [5, 5.41) is 23.0. The lowest BCUT2D eigenvalue weighted by molar-refractivity contribution is -0.385. The number of non-ortho nitro benzene ring substituents is 1. The van der Waals surface area contributed by atoms with Gasteiger partial charge >= 0.3 is 0 Å². The first-order chi connectivity index (χ1) is 9.60. The molecule has 1 aromatic rings. The fourth-order valence-electron chi connectivity index (χ4n) is 1.83. The summed E-state index contributed by atoms with van der Waals surface area (Å²) in [7, 11) is 3.05. The Morgan fingerprint density at radius 2 is 2.15 bits per heavy atom. The summed E-state index contributed by atoms with van der Waals surface area (Å²) in [4.78, 5) is 10.4. The van der Waals surface area contributed by atoms with Gasteiger partial charge < -0.3 is 19.9 Å². The Kier molecular flexibility index (Phi) is 6.92. The molecular weight excluding hydrogens is 264 g/mol. The van der Waals surface area contributed by atoms with E-state index in [1.54, 1.807) is 13.2 Å². The van der Waals surface area contributed by atoms with Crippen LogP contribution in [0.25, 0.3) is 0 Å². The average molecular weight is 284 g/mol. The Morgan fingerprint density at radius 3 is 2.70 bits per heavy atom. The van der Waals surface area contributed by atoms with Crippen LogP contribution in [0.4, 0.5) is 5.69 Å². The molecule has 0 heterocycles. The Morgan fingerprint density at radius 1 is 1.40 bits per heavy atom. The second kappa shape index (κ2) is 8.47. The van der Waals surface area contributed by atoms with Crippen LogP contribution in [0.5, 0.6) is 5.75 Å². The maximum atomic E-state index is 10.8. The van der Waals surface area contributed by atoms with E-state index in [0.717, 1.165) is 5.56 Å². The molecule has 0 saturated carbocycles. The highest BCUT2D eigenvalue weighted by atomic mass is 16.6. The second-order valence-corrected chi connectivity index (χ2v) is 4.34. The first kappa shape index (κ1) is 16.4. The highest BCUT2D eigenvalue weighted by Crippen LogP contribution is 2.22. The second-order valence-electron chi connectivity index (χ2n) is 4.34. The van der Waals surface area contributed by atoms with E-state index in [0.29, 0.717) is 25.3 Å². The number of aliphatic hydroxyl groups is 1. The van der Waals surface area contributed by atoms with Crippen molar-refractivity contribution in [2.75, 3.05) is 27.4 Å². The molecule has 0 amide bonds. The quantitative estimate of drug-likeness (QED) is 0.521. The molecule has 0 aromatic heterocycles. The Labute approximate surface area is 117 Å². The van der Waals surface area contributed by atoms with Crippen LogP contribution in [0.2, 0.25) is 0 Å². The number of aliphatic hydroxyl groups excluding tert-OH is 1. The van der Waals surface area contributed by atoms with Crippen molar-refractivity contribution >= 4 is 5.69 Å². The fraction of sp³-hybridized carbons (Fsp3) is 0.538. The third-order valence-corrected chi connectivity index (χ3v) is 2.84. The molecule has 0 bridgehead atoms. The topological polar surface area (TPSA) is 93.9 Å². The van der Waals surface area contributed by atoms with Gasteiger partial charge in [-0.15, -0.1) is 0 Å². The molecule has 7 heteroatoms. The lowest BCUT2D eigenvalue weighted by Crippen LogP contribution is -2.33. The molecule has 112 valence electrons. The van der Waals surface area contributed by atoms with E-state index >= 15 is 0 Å². The zero-order valence-corrected chi connectivity index (χ0v) is 11.7. The van der Waals surface area contributed by atoms with E-state index in [1.165, 1.54) is 19.2 Å². The van der Waals surface area contributed by atoms with Crippen molar-refractivity contribution < 1.29 is 19.5 Å². The van der Waals surface area contributed by atoms with Crippen molar-refractivity contribution in [2.45, 2.75) is 19.0 Å². The summed E-state index contributed by atoms with van der Waals surface area (Å²) in [5.41, 5.74) is 0.738. The first-order valence-electron chi connectivity index (χ1n) is 6.26. The number of methoxy groups -OCH3 is 2. The van der Waals surface area contributed by atoms with Gasteiger partial charge in [0.1, 0.15) is 5.75 Å². The molecule has 1 atom stereocenters. The van der Waals surface area contributed by atoms with Crippen LogP contribution >= 0.6 is 0 Å². The minimum atomic E-state index is -0.452. The van der Waals surface area contributed by atoms with Crippen LogP contribution in [0.15, 0.2) is 18.2 Å². The van der Waals surface area contributed by atoms with Gasteiger partial charge in [-0.2, -0.15) is 0 Å². The smallest absolute Gasteiger partial charge is 0.273 e. The van der Waals surface area contributed by atoms with Crippen molar-refractivity contribution in [3.05, 3.63) is 33.9 Å². The summed E-state index contributed by atoms with van der Waals surface area (Å²) in [5.74, 6) is 0.446. The molecule has 0 aliphatic rings. The first-order valence-corrected chi connectivity index (χ1v) is 6.26. The summed E-state index contributed by atoms with van der Waals surface area (Å²) in [6, 6.07) is 4.61. The van der Waals surface area contributed by atoms with Crippen molar-refractivity contribution in [2.24, 2.45) is 0 Å². The SMILES string of the molecule is COCC(CCO)NCc1cc(OC)cc([N+](=O)[O-])c1.